The molecule has 21 heavy (non-hydrogen) atoms. The summed E-state index contributed by atoms with van der Waals surface area (Å²) in [5, 5.41) is 10.7. The molecule has 0 saturated heterocycles. The molecule has 1 amide bonds. The molecule has 1 aromatic rings. The number of benzene rings is 1. The van der Waals surface area contributed by atoms with Crippen molar-refractivity contribution in [3.05, 3.63) is 29.3 Å². The molecular formula is C15H23ClN2O3. The van der Waals surface area contributed by atoms with Gasteiger partial charge in [-0.25, -0.2) is 0 Å². The zero-order valence-electron chi connectivity index (χ0n) is 12.7. The molecule has 0 spiro atoms. The summed E-state index contributed by atoms with van der Waals surface area (Å²) in [6, 6.07) is 6.91. The molecule has 0 fully saturated rings. The first-order chi connectivity index (χ1) is 9.68. The zero-order valence-corrected chi connectivity index (χ0v) is 13.4. The molecule has 0 aliphatic carbocycles. The lowest BCUT2D eigenvalue weighted by Crippen LogP contribution is -2.50. The Morgan fingerprint density at radius 2 is 1.95 bits per heavy atom. The number of carbonyl (C=O) groups excluding carboxylic acids is 1. The van der Waals surface area contributed by atoms with E-state index in [2.05, 4.69) is 0 Å². The predicted octanol–water partition coefficient (Wildman–Crippen LogP) is 1.67. The number of nitrogens with two attached hydrogens (primary N) is 1. The highest BCUT2D eigenvalue weighted by molar-refractivity contribution is 6.30. The maximum Gasteiger partial charge on any atom is 0.231 e. The minimum atomic E-state index is -0.723. The lowest BCUT2D eigenvalue weighted by atomic mass is 10.1. The van der Waals surface area contributed by atoms with Gasteiger partial charge in [-0.3, -0.25) is 9.69 Å². The van der Waals surface area contributed by atoms with Gasteiger partial charge in [0.25, 0.3) is 0 Å². The van der Waals surface area contributed by atoms with Crippen molar-refractivity contribution in [2.75, 3.05) is 19.7 Å². The Labute approximate surface area is 130 Å². The summed E-state index contributed by atoms with van der Waals surface area (Å²) in [4.78, 5) is 12.9. The maximum absolute atomic E-state index is 11.1. The quantitative estimate of drug-likeness (QED) is 0.802. The first-order valence-electron chi connectivity index (χ1n) is 6.78. The Morgan fingerprint density at radius 1 is 1.38 bits per heavy atom. The van der Waals surface area contributed by atoms with Crippen LogP contribution in [-0.2, 0) is 4.79 Å². The number of carbonyl (C=O) groups is 1. The third-order valence-electron chi connectivity index (χ3n) is 2.98. The van der Waals surface area contributed by atoms with Crippen molar-refractivity contribution in [3.63, 3.8) is 0 Å². The van der Waals surface area contributed by atoms with Crippen LogP contribution in [0.4, 0.5) is 0 Å². The smallest absolute Gasteiger partial charge is 0.231 e. The maximum atomic E-state index is 11.1. The van der Waals surface area contributed by atoms with Gasteiger partial charge >= 0.3 is 0 Å². The van der Waals surface area contributed by atoms with Gasteiger partial charge in [-0.15, -0.1) is 0 Å². The molecule has 3 N–H and O–H groups in total. The van der Waals surface area contributed by atoms with Crippen LogP contribution in [0.2, 0.25) is 5.02 Å². The molecule has 0 saturated carbocycles. The Morgan fingerprint density at radius 3 is 2.43 bits per heavy atom. The van der Waals surface area contributed by atoms with Gasteiger partial charge in [-0.1, -0.05) is 11.6 Å². The minimum absolute atomic E-state index is 0.0987. The summed E-state index contributed by atoms with van der Waals surface area (Å²) in [5.74, 6) is 0.214. The number of aliphatic hydroxyl groups is 1. The highest BCUT2D eigenvalue weighted by Gasteiger charge is 2.25. The Kier molecular flexibility index (Phi) is 6.45. The number of β-amino-alcohol motifs (C(OH)–C–C–N with tert-alkyl or cyclic N) is 1. The van der Waals surface area contributed by atoms with Crippen molar-refractivity contribution >= 4 is 17.5 Å². The standard InChI is InChI=1S/C15H23ClN2O3/c1-15(2,3)18(9-14(17)20)8-12(19)10-21-13-6-4-11(16)5-7-13/h4-7,12,19H,8-10H2,1-3H3,(H2,17,20). The summed E-state index contributed by atoms with van der Waals surface area (Å²) in [5.41, 5.74) is 4.97. The highest BCUT2D eigenvalue weighted by atomic mass is 35.5. The lowest BCUT2D eigenvalue weighted by Gasteiger charge is -2.35. The average molecular weight is 315 g/mol. The fourth-order valence-corrected chi connectivity index (χ4v) is 1.92. The van der Waals surface area contributed by atoms with Gasteiger partial charge in [0.15, 0.2) is 0 Å². The van der Waals surface area contributed by atoms with Crippen molar-refractivity contribution in [3.8, 4) is 5.75 Å². The zero-order chi connectivity index (χ0) is 16.0. The Bertz CT molecular complexity index is 457. The Balaban J connectivity index is 2.51. The molecule has 1 unspecified atom stereocenters. The van der Waals surface area contributed by atoms with Crippen molar-refractivity contribution < 1.29 is 14.6 Å². The van der Waals surface area contributed by atoms with Gasteiger partial charge in [-0.05, 0) is 45.0 Å². The van der Waals surface area contributed by atoms with E-state index in [0.717, 1.165) is 0 Å². The van der Waals surface area contributed by atoms with Crippen LogP contribution in [0.15, 0.2) is 24.3 Å². The molecule has 118 valence electrons. The molecule has 6 heteroatoms. The molecule has 0 aliphatic heterocycles. The SMILES string of the molecule is CC(C)(C)N(CC(N)=O)CC(O)COc1ccc(Cl)cc1. The molecule has 1 atom stereocenters. The van der Waals surface area contributed by atoms with Crippen LogP contribution in [0.3, 0.4) is 0 Å². The summed E-state index contributed by atoms with van der Waals surface area (Å²) in [6.45, 7) is 6.42. The number of aliphatic hydroxyl groups excluding tert-OH is 1. The summed E-state index contributed by atoms with van der Waals surface area (Å²) < 4.78 is 5.49. The van der Waals surface area contributed by atoms with Gasteiger partial charge in [0.05, 0.1) is 6.54 Å². The van der Waals surface area contributed by atoms with Crippen molar-refractivity contribution in [1.82, 2.24) is 4.90 Å². The van der Waals surface area contributed by atoms with Crippen LogP contribution >= 0.6 is 11.6 Å². The largest absolute Gasteiger partial charge is 0.491 e. The second kappa shape index (κ2) is 7.64. The highest BCUT2D eigenvalue weighted by Crippen LogP contribution is 2.17. The minimum Gasteiger partial charge on any atom is -0.491 e. The molecule has 0 aromatic heterocycles. The normalized spacial score (nSPS) is 13.2. The van der Waals surface area contributed by atoms with Gasteiger partial charge in [0, 0.05) is 17.1 Å². The van der Waals surface area contributed by atoms with E-state index in [-0.39, 0.29) is 18.7 Å². The molecule has 1 aromatic carbocycles. The van der Waals surface area contributed by atoms with Crippen molar-refractivity contribution in [1.29, 1.82) is 0 Å². The molecule has 1 rings (SSSR count). The van der Waals surface area contributed by atoms with Crippen LogP contribution < -0.4 is 10.5 Å². The number of hydrogen-bond donors (Lipinski definition) is 2. The predicted molar refractivity (Wildman–Crippen MR) is 83.5 cm³/mol. The third-order valence-corrected chi connectivity index (χ3v) is 3.23. The van der Waals surface area contributed by atoms with Gasteiger partial charge < -0.3 is 15.6 Å². The van der Waals surface area contributed by atoms with Crippen LogP contribution in [0, 0.1) is 0 Å². The number of ether oxygens (including phenoxy) is 1. The van der Waals surface area contributed by atoms with Crippen molar-refractivity contribution in [2.24, 2.45) is 5.73 Å². The summed E-state index contributed by atoms with van der Waals surface area (Å²) in [7, 11) is 0. The number of primary amides is 1. The second-order valence-electron chi connectivity index (χ2n) is 5.94. The summed E-state index contributed by atoms with van der Waals surface area (Å²) >= 11 is 5.79. The van der Waals surface area contributed by atoms with E-state index >= 15 is 0 Å². The van der Waals surface area contributed by atoms with E-state index in [1.54, 1.807) is 24.3 Å². The first-order valence-corrected chi connectivity index (χ1v) is 7.16. The molecule has 0 aliphatic rings. The van der Waals surface area contributed by atoms with Gasteiger partial charge in [0.2, 0.25) is 5.91 Å². The van der Waals surface area contributed by atoms with Crippen LogP contribution in [-0.4, -0.2) is 47.3 Å². The molecule has 5 nitrogen and oxygen atoms in total. The molecule has 0 bridgehead atoms. The first kappa shape index (κ1) is 17.8. The van der Waals surface area contributed by atoms with E-state index in [1.165, 1.54) is 0 Å². The topological polar surface area (TPSA) is 75.8 Å². The van der Waals surface area contributed by atoms with Crippen LogP contribution in [0.1, 0.15) is 20.8 Å². The van der Waals surface area contributed by atoms with Crippen molar-refractivity contribution in [2.45, 2.75) is 32.4 Å². The van der Waals surface area contributed by atoms with E-state index in [4.69, 9.17) is 22.1 Å². The van der Waals surface area contributed by atoms with E-state index in [1.807, 2.05) is 25.7 Å². The summed E-state index contributed by atoms with van der Waals surface area (Å²) in [6.07, 6.45) is -0.723. The molecular weight excluding hydrogens is 292 g/mol. The fraction of sp³-hybridized carbons (Fsp3) is 0.533. The lowest BCUT2D eigenvalue weighted by molar-refractivity contribution is -0.121. The molecule has 0 heterocycles. The number of hydrogen-bond acceptors (Lipinski definition) is 4. The number of nitrogens with zero attached hydrogens (tertiary/aromatic N) is 1. The fourth-order valence-electron chi connectivity index (χ4n) is 1.79. The average Bonchev–Trinajstić information content (AvgIpc) is 2.36. The Hall–Kier alpha value is -1.30. The van der Waals surface area contributed by atoms with Crippen LogP contribution in [0.25, 0.3) is 0 Å². The van der Waals surface area contributed by atoms with Gasteiger partial charge in [0.1, 0.15) is 18.5 Å². The van der Waals surface area contributed by atoms with E-state index in [9.17, 15) is 9.90 Å². The van der Waals surface area contributed by atoms with Gasteiger partial charge in [-0.2, -0.15) is 0 Å². The molecule has 0 radical (unpaired) electrons. The number of amides is 1. The number of rotatable bonds is 7. The third kappa shape index (κ3) is 6.80. The second-order valence-corrected chi connectivity index (χ2v) is 6.37. The number of halogens is 1. The van der Waals surface area contributed by atoms with E-state index < -0.39 is 12.0 Å². The monoisotopic (exact) mass is 314 g/mol. The van der Waals surface area contributed by atoms with E-state index in [0.29, 0.717) is 17.3 Å². The van der Waals surface area contributed by atoms with Crippen LogP contribution in [0.5, 0.6) is 5.75 Å².